The first-order chi connectivity index (χ1) is 14.0. The zero-order valence-electron chi connectivity index (χ0n) is 15.9. The third kappa shape index (κ3) is 5.20. The van der Waals surface area contributed by atoms with E-state index in [1.807, 2.05) is 0 Å². The molecule has 0 aliphatic carbocycles. The van der Waals surface area contributed by atoms with Gasteiger partial charge in [0.05, 0.1) is 25.0 Å². The molecule has 0 atom stereocenters. The van der Waals surface area contributed by atoms with Gasteiger partial charge in [-0.3, -0.25) is 9.59 Å². The molecule has 0 aliphatic heterocycles. The van der Waals surface area contributed by atoms with E-state index >= 15 is 0 Å². The van der Waals surface area contributed by atoms with Crippen molar-refractivity contribution >= 4 is 29.1 Å². The van der Waals surface area contributed by atoms with E-state index in [1.54, 1.807) is 55.1 Å². The quantitative estimate of drug-likeness (QED) is 0.450. The van der Waals surface area contributed by atoms with Gasteiger partial charge in [-0.15, -0.1) is 10.2 Å². The summed E-state index contributed by atoms with van der Waals surface area (Å²) in [6.45, 7) is 0. The summed E-state index contributed by atoms with van der Waals surface area (Å²) < 4.78 is 20.4. The predicted molar refractivity (Wildman–Crippen MR) is 108 cm³/mol. The third-order valence-corrected chi connectivity index (χ3v) is 5.16. The SMILES string of the molecule is COc1ccc(C(=O)CSc2nnc(CC(=O)Nc3ccccc3F)n2C)cc1. The van der Waals surface area contributed by atoms with Gasteiger partial charge >= 0.3 is 0 Å². The Balaban J connectivity index is 1.58. The first kappa shape index (κ1) is 20.5. The summed E-state index contributed by atoms with van der Waals surface area (Å²) in [4.78, 5) is 24.5. The van der Waals surface area contributed by atoms with Gasteiger partial charge in [0.15, 0.2) is 10.9 Å². The standard InChI is InChI=1S/C20H19FN4O3S/c1-25-18(11-19(27)22-16-6-4-3-5-15(16)21)23-24-20(25)29-12-17(26)13-7-9-14(28-2)10-8-13/h3-10H,11-12H2,1-2H3,(H,22,27). The average Bonchev–Trinajstić information content (AvgIpc) is 3.07. The number of nitrogens with zero attached hydrogens (tertiary/aromatic N) is 3. The van der Waals surface area contributed by atoms with Crippen LogP contribution in [0, 0.1) is 5.82 Å². The molecule has 3 rings (SSSR count). The number of carbonyl (C=O) groups is 2. The number of halogens is 1. The van der Waals surface area contributed by atoms with E-state index in [9.17, 15) is 14.0 Å². The molecule has 0 spiro atoms. The second kappa shape index (κ2) is 9.33. The average molecular weight is 414 g/mol. The Morgan fingerprint density at radius 1 is 1.14 bits per heavy atom. The van der Waals surface area contributed by atoms with Crippen LogP contribution < -0.4 is 10.1 Å². The number of benzene rings is 2. The van der Waals surface area contributed by atoms with Crippen molar-refractivity contribution in [3.8, 4) is 5.75 Å². The minimum absolute atomic E-state index is 0.0560. The molecule has 29 heavy (non-hydrogen) atoms. The van der Waals surface area contributed by atoms with E-state index in [1.165, 1.54) is 23.9 Å². The fourth-order valence-electron chi connectivity index (χ4n) is 2.52. The van der Waals surface area contributed by atoms with Gasteiger partial charge in [-0.2, -0.15) is 0 Å². The largest absolute Gasteiger partial charge is 0.497 e. The van der Waals surface area contributed by atoms with Crippen LogP contribution in [0.4, 0.5) is 10.1 Å². The van der Waals surface area contributed by atoms with Crippen molar-refractivity contribution < 1.29 is 18.7 Å². The Bertz CT molecular complexity index is 1020. The van der Waals surface area contributed by atoms with Crippen LogP contribution in [0.3, 0.4) is 0 Å². The Morgan fingerprint density at radius 2 is 1.86 bits per heavy atom. The number of carbonyl (C=O) groups excluding carboxylic acids is 2. The number of ether oxygens (including phenoxy) is 1. The van der Waals surface area contributed by atoms with Gasteiger partial charge in [0.1, 0.15) is 17.4 Å². The molecule has 1 amide bonds. The summed E-state index contributed by atoms with van der Waals surface area (Å²) in [7, 11) is 3.28. The fourth-order valence-corrected chi connectivity index (χ4v) is 3.34. The Labute approximate surface area is 171 Å². The number of anilines is 1. The van der Waals surface area contributed by atoms with E-state index in [4.69, 9.17) is 4.74 Å². The van der Waals surface area contributed by atoms with Crippen molar-refractivity contribution in [2.24, 2.45) is 7.05 Å². The maximum atomic E-state index is 13.6. The maximum absolute atomic E-state index is 13.6. The van der Waals surface area contributed by atoms with Gasteiger partial charge in [0, 0.05) is 12.6 Å². The normalized spacial score (nSPS) is 10.6. The second-order valence-corrected chi connectivity index (χ2v) is 7.05. The van der Waals surface area contributed by atoms with Crippen LogP contribution in [0.25, 0.3) is 0 Å². The summed E-state index contributed by atoms with van der Waals surface area (Å²) >= 11 is 1.23. The molecule has 1 N–H and O–H groups in total. The minimum atomic E-state index is -0.507. The van der Waals surface area contributed by atoms with Crippen molar-refractivity contribution in [2.45, 2.75) is 11.6 Å². The molecule has 2 aromatic carbocycles. The van der Waals surface area contributed by atoms with Crippen molar-refractivity contribution in [2.75, 3.05) is 18.2 Å². The summed E-state index contributed by atoms with van der Waals surface area (Å²) in [5.74, 6) is 0.307. The first-order valence-electron chi connectivity index (χ1n) is 8.70. The van der Waals surface area contributed by atoms with Crippen molar-refractivity contribution in [3.63, 3.8) is 0 Å². The highest BCUT2D eigenvalue weighted by Gasteiger charge is 2.16. The van der Waals surface area contributed by atoms with Crippen LogP contribution in [-0.4, -0.2) is 39.3 Å². The molecule has 0 unspecified atom stereocenters. The monoisotopic (exact) mass is 414 g/mol. The number of para-hydroxylation sites is 1. The molecule has 9 heteroatoms. The lowest BCUT2D eigenvalue weighted by molar-refractivity contribution is -0.115. The number of Topliss-reactive ketones (excluding diaryl/α,β-unsaturated/α-hetero) is 1. The van der Waals surface area contributed by atoms with Gasteiger partial charge < -0.3 is 14.6 Å². The van der Waals surface area contributed by atoms with E-state index in [-0.39, 0.29) is 23.6 Å². The fraction of sp³-hybridized carbons (Fsp3) is 0.200. The summed E-state index contributed by atoms with van der Waals surface area (Å²) in [5, 5.41) is 11.1. The topological polar surface area (TPSA) is 86.1 Å². The highest BCUT2D eigenvalue weighted by atomic mass is 32.2. The Hall–Kier alpha value is -3.20. The van der Waals surface area contributed by atoms with E-state index in [2.05, 4.69) is 15.5 Å². The third-order valence-electron chi connectivity index (χ3n) is 4.14. The molecule has 0 fully saturated rings. The van der Waals surface area contributed by atoms with E-state index in [0.29, 0.717) is 22.3 Å². The van der Waals surface area contributed by atoms with Crippen molar-refractivity contribution in [1.29, 1.82) is 0 Å². The molecule has 0 aliphatic rings. The highest BCUT2D eigenvalue weighted by molar-refractivity contribution is 7.99. The minimum Gasteiger partial charge on any atom is -0.497 e. The molecule has 1 heterocycles. The molecule has 0 radical (unpaired) electrons. The van der Waals surface area contributed by atoms with Crippen LogP contribution in [0.2, 0.25) is 0 Å². The molecule has 0 saturated carbocycles. The van der Waals surface area contributed by atoms with Crippen molar-refractivity contribution in [1.82, 2.24) is 14.8 Å². The number of amides is 1. The number of aromatic nitrogens is 3. The maximum Gasteiger partial charge on any atom is 0.232 e. The number of methoxy groups -OCH3 is 1. The molecule has 0 bridgehead atoms. The smallest absolute Gasteiger partial charge is 0.232 e. The Morgan fingerprint density at radius 3 is 2.55 bits per heavy atom. The molecular weight excluding hydrogens is 395 g/mol. The van der Waals surface area contributed by atoms with E-state index < -0.39 is 11.7 Å². The summed E-state index contributed by atoms with van der Waals surface area (Å²) in [6, 6.07) is 12.8. The highest BCUT2D eigenvalue weighted by Crippen LogP contribution is 2.19. The predicted octanol–water partition coefficient (Wildman–Crippen LogP) is 3.12. The lowest BCUT2D eigenvalue weighted by atomic mass is 10.1. The first-order valence-corrected chi connectivity index (χ1v) is 9.69. The van der Waals surface area contributed by atoms with Gasteiger partial charge in [0.25, 0.3) is 0 Å². The van der Waals surface area contributed by atoms with Crippen LogP contribution >= 0.6 is 11.8 Å². The van der Waals surface area contributed by atoms with Gasteiger partial charge in [-0.05, 0) is 36.4 Å². The van der Waals surface area contributed by atoms with Crippen LogP contribution in [-0.2, 0) is 18.3 Å². The number of hydrogen-bond acceptors (Lipinski definition) is 6. The number of ketones is 1. The molecule has 0 saturated heterocycles. The van der Waals surface area contributed by atoms with Gasteiger partial charge in [-0.1, -0.05) is 23.9 Å². The number of hydrogen-bond donors (Lipinski definition) is 1. The van der Waals surface area contributed by atoms with Crippen molar-refractivity contribution in [3.05, 3.63) is 65.7 Å². The van der Waals surface area contributed by atoms with E-state index in [0.717, 1.165) is 0 Å². The molecule has 150 valence electrons. The van der Waals surface area contributed by atoms with Gasteiger partial charge in [0.2, 0.25) is 5.91 Å². The van der Waals surface area contributed by atoms with Crippen LogP contribution in [0.1, 0.15) is 16.2 Å². The molecule has 1 aromatic heterocycles. The lowest BCUT2D eigenvalue weighted by Crippen LogP contribution is -2.17. The molecular formula is C20H19FN4O3S. The van der Waals surface area contributed by atoms with Crippen LogP contribution in [0.5, 0.6) is 5.75 Å². The number of rotatable bonds is 8. The van der Waals surface area contributed by atoms with Gasteiger partial charge in [-0.25, -0.2) is 4.39 Å². The zero-order valence-corrected chi connectivity index (χ0v) is 16.7. The molecule has 3 aromatic rings. The number of thioether (sulfide) groups is 1. The molecule has 7 nitrogen and oxygen atoms in total. The number of nitrogens with one attached hydrogen (secondary N) is 1. The lowest BCUT2D eigenvalue weighted by Gasteiger charge is -2.06. The zero-order chi connectivity index (χ0) is 20.8. The Kier molecular flexibility index (Phi) is 6.61. The van der Waals surface area contributed by atoms with Crippen LogP contribution in [0.15, 0.2) is 53.7 Å². The summed E-state index contributed by atoms with van der Waals surface area (Å²) in [6.07, 6.45) is -0.0647. The summed E-state index contributed by atoms with van der Waals surface area (Å²) in [5.41, 5.74) is 0.685. The second-order valence-electron chi connectivity index (χ2n) is 6.10.